The van der Waals surface area contributed by atoms with Gasteiger partial charge in [-0.3, -0.25) is 0 Å². The highest BCUT2D eigenvalue weighted by molar-refractivity contribution is 6.70. The van der Waals surface area contributed by atoms with Gasteiger partial charge in [0.2, 0.25) is 16.6 Å². The molecule has 0 aliphatic heterocycles. The molecule has 0 heterocycles. The van der Waals surface area contributed by atoms with Crippen LogP contribution in [0.5, 0.6) is 0 Å². The lowest BCUT2D eigenvalue weighted by Crippen LogP contribution is -2.47. The Bertz CT molecular complexity index is 1110. The molecule has 0 aromatic heterocycles. The molecule has 1 aromatic carbocycles. The van der Waals surface area contributed by atoms with Crippen molar-refractivity contribution in [3.05, 3.63) is 83.4 Å². The Kier molecular flexibility index (Phi) is 10.6. The first kappa shape index (κ1) is 32.6. The summed E-state index contributed by atoms with van der Waals surface area (Å²) < 4.78 is 26.3. The fourth-order valence-electron chi connectivity index (χ4n) is 6.12. The van der Waals surface area contributed by atoms with E-state index in [2.05, 4.69) is 104 Å². The van der Waals surface area contributed by atoms with Crippen LogP contribution < -0.4 is 0 Å². The topological polar surface area (TPSA) is 36.9 Å². The molecule has 4 atom stereocenters. The zero-order valence-electron chi connectivity index (χ0n) is 26.9. The summed E-state index contributed by atoms with van der Waals surface area (Å²) in [5, 5.41) is 0. The molecule has 3 rings (SSSR count). The minimum atomic E-state index is -1.83. The predicted octanol–water partition coefficient (Wildman–Crippen LogP) is 9.76. The Labute approximate surface area is 246 Å². The van der Waals surface area contributed by atoms with Crippen LogP contribution in [0.2, 0.25) is 39.3 Å². The lowest BCUT2D eigenvalue weighted by atomic mass is 9.59. The molecule has 0 spiro atoms. The number of hydrogen-bond donors (Lipinski definition) is 0. The summed E-state index contributed by atoms with van der Waals surface area (Å²) in [6.07, 6.45) is 10.4. The van der Waals surface area contributed by atoms with Crippen LogP contribution >= 0.6 is 0 Å². The molecule has 4 nitrogen and oxygen atoms in total. The summed E-state index contributed by atoms with van der Waals surface area (Å²) in [5.41, 5.74) is 3.40. The third-order valence-corrected chi connectivity index (χ3v) is 10.1. The zero-order chi connectivity index (χ0) is 29.8. The van der Waals surface area contributed by atoms with Gasteiger partial charge < -0.3 is 18.3 Å². The largest absolute Gasteiger partial charge is 0.547 e. The first-order valence-corrected chi connectivity index (χ1v) is 21.8. The van der Waals surface area contributed by atoms with E-state index in [9.17, 15) is 0 Å². The van der Waals surface area contributed by atoms with E-state index in [4.69, 9.17) is 18.3 Å². The predicted molar refractivity (Wildman–Crippen MR) is 173 cm³/mol. The van der Waals surface area contributed by atoms with Gasteiger partial charge in [-0.05, 0) is 96.4 Å². The molecule has 222 valence electrons. The average molecular weight is 583 g/mol. The van der Waals surface area contributed by atoms with Crippen molar-refractivity contribution in [1.29, 1.82) is 0 Å². The fourth-order valence-corrected chi connectivity index (χ4v) is 7.97. The van der Waals surface area contributed by atoms with Gasteiger partial charge in [0, 0.05) is 16.4 Å². The number of allylic oxidation sites excluding steroid dienone is 5. The molecule has 40 heavy (non-hydrogen) atoms. The Morgan fingerprint density at radius 3 is 2.38 bits per heavy atom. The molecule has 0 bridgehead atoms. The molecular weight excluding hydrogens is 529 g/mol. The number of hydrogen-bond acceptors (Lipinski definition) is 4. The lowest BCUT2D eigenvalue weighted by Gasteiger charge is -2.49. The standard InChI is InChI=1S/C34H54O4Si2/c1-12-30(38-40(9,10)11)33(4,13-2)23-31(36-25-35-24-27-17-15-14-16-18-27)34(5)26(3)19-20-28-21-22-29(32(28)34)37-39(6,7)8/h12-18,22,26,31H,2,19-21,23-25H2,1,3-11H3/b30-12-/t26-,31-,33-,34-/m1/s1. The summed E-state index contributed by atoms with van der Waals surface area (Å²) in [5.74, 6) is 2.49. The van der Waals surface area contributed by atoms with Crippen LogP contribution in [-0.2, 0) is 24.9 Å². The van der Waals surface area contributed by atoms with Crippen molar-refractivity contribution < 1.29 is 18.3 Å². The maximum Gasteiger partial charge on any atom is 0.242 e. The summed E-state index contributed by atoms with van der Waals surface area (Å²) in [6, 6.07) is 10.3. The summed E-state index contributed by atoms with van der Waals surface area (Å²) in [4.78, 5) is 0. The van der Waals surface area contributed by atoms with Crippen molar-refractivity contribution in [2.75, 3.05) is 6.79 Å². The van der Waals surface area contributed by atoms with Crippen LogP contribution in [0, 0.1) is 16.7 Å². The highest BCUT2D eigenvalue weighted by atomic mass is 28.4. The molecular formula is C34H54O4Si2. The van der Waals surface area contributed by atoms with Crippen LogP contribution in [-0.4, -0.2) is 29.5 Å². The van der Waals surface area contributed by atoms with Crippen molar-refractivity contribution in [2.24, 2.45) is 16.7 Å². The van der Waals surface area contributed by atoms with Gasteiger partial charge in [0.15, 0.2) is 0 Å². The van der Waals surface area contributed by atoms with Gasteiger partial charge in [-0.15, -0.1) is 6.58 Å². The number of benzene rings is 1. The molecule has 0 N–H and O–H groups in total. The van der Waals surface area contributed by atoms with Crippen LogP contribution in [0.25, 0.3) is 0 Å². The first-order valence-electron chi connectivity index (χ1n) is 15.0. The Morgan fingerprint density at radius 2 is 1.80 bits per heavy atom. The molecule has 0 unspecified atom stereocenters. The lowest BCUT2D eigenvalue weighted by molar-refractivity contribution is -0.145. The molecule has 2 aliphatic carbocycles. The fraction of sp³-hybridized carbons (Fsp3) is 0.588. The highest BCUT2D eigenvalue weighted by Gasteiger charge is 2.51. The quantitative estimate of drug-likeness (QED) is 0.0719. The third-order valence-electron chi connectivity index (χ3n) is 8.43. The Balaban J connectivity index is 1.99. The molecule has 1 aromatic rings. The van der Waals surface area contributed by atoms with Crippen LogP contribution in [0.1, 0.15) is 58.9 Å². The van der Waals surface area contributed by atoms with Crippen molar-refractivity contribution in [3.63, 3.8) is 0 Å². The Morgan fingerprint density at radius 1 is 1.12 bits per heavy atom. The molecule has 0 saturated heterocycles. The maximum absolute atomic E-state index is 6.84. The second-order valence-corrected chi connectivity index (χ2v) is 22.8. The van der Waals surface area contributed by atoms with Gasteiger partial charge in [0.25, 0.3) is 0 Å². The molecule has 0 saturated carbocycles. The van der Waals surface area contributed by atoms with Crippen molar-refractivity contribution in [1.82, 2.24) is 0 Å². The van der Waals surface area contributed by atoms with Crippen molar-refractivity contribution in [3.8, 4) is 0 Å². The van der Waals surface area contributed by atoms with Crippen LogP contribution in [0.15, 0.2) is 77.8 Å². The number of rotatable bonds is 14. The van der Waals surface area contributed by atoms with Gasteiger partial charge in [-0.1, -0.05) is 61.9 Å². The maximum atomic E-state index is 6.84. The van der Waals surface area contributed by atoms with E-state index in [0.717, 1.165) is 42.8 Å². The van der Waals surface area contributed by atoms with Crippen LogP contribution in [0.3, 0.4) is 0 Å². The van der Waals surface area contributed by atoms with E-state index in [-0.39, 0.29) is 23.7 Å². The van der Waals surface area contributed by atoms with Gasteiger partial charge in [-0.2, -0.15) is 0 Å². The average Bonchev–Trinajstić information content (AvgIpc) is 3.28. The number of ether oxygens (including phenoxy) is 2. The molecule has 0 amide bonds. The van der Waals surface area contributed by atoms with Gasteiger partial charge in [0.05, 0.1) is 18.5 Å². The SMILES string of the molecule is C=C[C@](C)(C[C@@H](OCOCc1ccccc1)[C@]1(C)C2=C(CC=C2O[Si](C)(C)C)CC[C@H]1C)/C(=C/C)O[Si](C)(C)C. The molecule has 6 heteroatoms. The van der Waals surface area contributed by atoms with Crippen molar-refractivity contribution in [2.45, 2.75) is 105 Å². The summed E-state index contributed by atoms with van der Waals surface area (Å²) in [7, 11) is -3.63. The summed E-state index contributed by atoms with van der Waals surface area (Å²) >= 11 is 0. The van der Waals surface area contributed by atoms with E-state index in [1.807, 2.05) is 18.2 Å². The molecule has 0 fully saturated rings. The Hall–Kier alpha value is -1.87. The van der Waals surface area contributed by atoms with E-state index in [1.54, 1.807) is 0 Å². The molecule has 0 radical (unpaired) electrons. The summed E-state index contributed by atoms with van der Waals surface area (Å²) in [6.45, 7) is 27.6. The smallest absolute Gasteiger partial charge is 0.242 e. The van der Waals surface area contributed by atoms with Gasteiger partial charge in [0.1, 0.15) is 12.6 Å². The van der Waals surface area contributed by atoms with Crippen molar-refractivity contribution >= 4 is 16.6 Å². The van der Waals surface area contributed by atoms with E-state index in [1.165, 1.54) is 11.1 Å². The monoisotopic (exact) mass is 582 g/mol. The van der Waals surface area contributed by atoms with E-state index in [0.29, 0.717) is 12.5 Å². The van der Waals surface area contributed by atoms with Gasteiger partial charge >= 0.3 is 0 Å². The second kappa shape index (κ2) is 13.0. The molecule has 2 aliphatic rings. The third kappa shape index (κ3) is 7.90. The van der Waals surface area contributed by atoms with E-state index >= 15 is 0 Å². The van der Waals surface area contributed by atoms with Gasteiger partial charge in [-0.25, -0.2) is 0 Å². The zero-order valence-corrected chi connectivity index (χ0v) is 28.9. The first-order chi connectivity index (χ1) is 18.6. The second-order valence-electron chi connectivity index (χ2n) is 14.0. The minimum Gasteiger partial charge on any atom is -0.547 e. The minimum absolute atomic E-state index is 0.126. The normalized spacial score (nSPS) is 24.2. The van der Waals surface area contributed by atoms with E-state index < -0.39 is 16.6 Å². The highest BCUT2D eigenvalue weighted by Crippen LogP contribution is 2.56. The van der Waals surface area contributed by atoms with Crippen LogP contribution in [0.4, 0.5) is 0 Å².